The van der Waals surface area contributed by atoms with Crippen molar-refractivity contribution in [2.24, 2.45) is 0 Å². The number of nitrogens with zero attached hydrogens (tertiary/aromatic N) is 1. The van der Waals surface area contributed by atoms with Gasteiger partial charge in [0.25, 0.3) is 0 Å². The van der Waals surface area contributed by atoms with Crippen LogP contribution in [0.2, 0.25) is 0 Å². The molecule has 1 aromatic rings. The van der Waals surface area contributed by atoms with Gasteiger partial charge in [-0.2, -0.15) is 4.39 Å². The van der Waals surface area contributed by atoms with Gasteiger partial charge in [-0.1, -0.05) is 13.8 Å². The second-order valence-corrected chi connectivity index (χ2v) is 2.66. The molecular formula is C8H9F2N. The molecule has 0 atom stereocenters. The Morgan fingerprint density at radius 1 is 1.27 bits per heavy atom. The van der Waals surface area contributed by atoms with Crippen molar-refractivity contribution in [3.8, 4) is 0 Å². The van der Waals surface area contributed by atoms with Gasteiger partial charge >= 0.3 is 0 Å². The predicted octanol–water partition coefficient (Wildman–Crippen LogP) is 2.48. The van der Waals surface area contributed by atoms with Crippen molar-refractivity contribution in [2.45, 2.75) is 19.8 Å². The van der Waals surface area contributed by atoms with Gasteiger partial charge in [0.1, 0.15) is 0 Å². The van der Waals surface area contributed by atoms with Crippen LogP contribution in [0.25, 0.3) is 0 Å². The lowest BCUT2D eigenvalue weighted by molar-refractivity contribution is 0.473. The van der Waals surface area contributed by atoms with E-state index in [0.29, 0.717) is 5.69 Å². The fraction of sp³-hybridized carbons (Fsp3) is 0.375. The average molecular weight is 157 g/mol. The monoisotopic (exact) mass is 157 g/mol. The lowest BCUT2D eigenvalue weighted by atomic mass is 10.1. The molecule has 0 bridgehead atoms. The summed E-state index contributed by atoms with van der Waals surface area (Å²) in [7, 11) is 0. The SMILES string of the molecule is CC(C)c1ccc(F)c(F)n1. The van der Waals surface area contributed by atoms with Gasteiger partial charge in [-0.3, -0.25) is 0 Å². The van der Waals surface area contributed by atoms with Crippen LogP contribution in [0.15, 0.2) is 12.1 Å². The van der Waals surface area contributed by atoms with Crippen LogP contribution in [0.4, 0.5) is 8.78 Å². The lowest BCUT2D eigenvalue weighted by Gasteiger charge is -2.02. The van der Waals surface area contributed by atoms with Gasteiger partial charge in [0.05, 0.1) is 0 Å². The minimum atomic E-state index is -1.02. The largest absolute Gasteiger partial charge is 0.249 e. The summed E-state index contributed by atoms with van der Waals surface area (Å²) in [5.41, 5.74) is 0.573. The maximum atomic E-state index is 12.5. The third-order valence-electron chi connectivity index (χ3n) is 1.42. The van der Waals surface area contributed by atoms with Gasteiger partial charge in [-0.25, -0.2) is 9.37 Å². The van der Waals surface area contributed by atoms with Crippen molar-refractivity contribution in [1.82, 2.24) is 4.98 Å². The zero-order valence-corrected chi connectivity index (χ0v) is 6.44. The fourth-order valence-electron chi connectivity index (χ4n) is 0.753. The number of aromatic nitrogens is 1. The Hall–Kier alpha value is -0.990. The molecule has 1 nitrogen and oxygen atoms in total. The molecule has 0 fully saturated rings. The van der Waals surface area contributed by atoms with Crippen LogP contribution < -0.4 is 0 Å². The Bertz CT molecular complexity index is 258. The maximum Gasteiger partial charge on any atom is 0.249 e. The molecule has 0 N–H and O–H groups in total. The summed E-state index contributed by atoms with van der Waals surface area (Å²) in [6.45, 7) is 3.75. The third-order valence-corrected chi connectivity index (χ3v) is 1.42. The molecule has 1 rings (SSSR count). The molecule has 0 spiro atoms. The highest BCUT2D eigenvalue weighted by molar-refractivity contribution is 5.09. The normalized spacial score (nSPS) is 10.6. The number of halogens is 2. The van der Waals surface area contributed by atoms with Gasteiger partial charge in [-0.05, 0) is 18.1 Å². The molecule has 0 aliphatic carbocycles. The van der Waals surface area contributed by atoms with Crippen molar-refractivity contribution in [3.63, 3.8) is 0 Å². The maximum absolute atomic E-state index is 12.5. The molecule has 0 aromatic carbocycles. The summed E-state index contributed by atoms with van der Waals surface area (Å²) in [4.78, 5) is 3.43. The number of rotatable bonds is 1. The van der Waals surface area contributed by atoms with E-state index in [1.54, 1.807) is 0 Å². The van der Waals surface area contributed by atoms with E-state index in [9.17, 15) is 8.78 Å². The second-order valence-electron chi connectivity index (χ2n) is 2.66. The molecular weight excluding hydrogens is 148 g/mol. The van der Waals surface area contributed by atoms with Crippen LogP contribution in [-0.4, -0.2) is 4.98 Å². The number of hydrogen-bond acceptors (Lipinski definition) is 1. The van der Waals surface area contributed by atoms with Crippen molar-refractivity contribution in [1.29, 1.82) is 0 Å². The predicted molar refractivity (Wildman–Crippen MR) is 38.2 cm³/mol. The first-order valence-corrected chi connectivity index (χ1v) is 3.43. The molecule has 0 unspecified atom stereocenters. The Morgan fingerprint density at radius 2 is 1.91 bits per heavy atom. The summed E-state index contributed by atoms with van der Waals surface area (Å²) in [6.07, 6.45) is 0. The van der Waals surface area contributed by atoms with Crippen molar-refractivity contribution in [3.05, 3.63) is 29.6 Å². The summed E-state index contributed by atoms with van der Waals surface area (Å²) in [5, 5.41) is 0. The summed E-state index contributed by atoms with van der Waals surface area (Å²) in [5.74, 6) is -1.78. The lowest BCUT2D eigenvalue weighted by Crippen LogP contribution is -1.97. The Morgan fingerprint density at radius 3 is 2.36 bits per heavy atom. The van der Waals surface area contributed by atoms with Crippen LogP contribution in [0, 0.1) is 11.8 Å². The highest BCUT2D eigenvalue weighted by Gasteiger charge is 2.05. The van der Waals surface area contributed by atoms with Crippen LogP contribution in [0.1, 0.15) is 25.5 Å². The average Bonchev–Trinajstić information content (AvgIpc) is 1.94. The molecule has 1 aromatic heterocycles. The number of pyridine rings is 1. The zero-order chi connectivity index (χ0) is 8.43. The summed E-state index contributed by atoms with van der Waals surface area (Å²) >= 11 is 0. The van der Waals surface area contributed by atoms with E-state index >= 15 is 0 Å². The minimum Gasteiger partial charge on any atom is -0.222 e. The molecule has 3 heteroatoms. The topological polar surface area (TPSA) is 12.9 Å². The highest BCUT2D eigenvalue weighted by Crippen LogP contribution is 2.12. The van der Waals surface area contributed by atoms with Crippen molar-refractivity contribution >= 4 is 0 Å². The quantitative estimate of drug-likeness (QED) is 0.570. The molecule has 11 heavy (non-hydrogen) atoms. The van der Waals surface area contributed by atoms with Gasteiger partial charge in [0.15, 0.2) is 5.82 Å². The van der Waals surface area contributed by atoms with Gasteiger partial charge in [0.2, 0.25) is 5.95 Å². The first kappa shape index (κ1) is 8.11. The second kappa shape index (κ2) is 2.95. The molecule has 60 valence electrons. The first-order valence-electron chi connectivity index (χ1n) is 3.43. The van der Waals surface area contributed by atoms with Gasteiger partial charge in [-0.15, -0.1) is 0 Å². The van der Waals surface area contributed by atoms with E-state index in [4.69, 9.17) is 0 Å². The molecule has 0 radical (unpaired) electrons. The van der Waals surface area contributed by atoms with E-state index in [1.807, 2.05) is 13.8 Å². The molecule has 0 aliphatic rings. The minimum absolute atomic E-state index is 0.130. The molecule has 0 amide bonds. The standard InChI is InChI=1S/C8H9F2N/c1-5(2)7-4-3-6(9)8(10)11-7/h3-5H,1-2H3. The van der Waals surface area contributed by atoms with E-state index in [1.165, 1.54) is 6.07 Å². The van der Waals surface area contributed by atoms with E-state index in [2.05, 4.69) is 4.98 Å². The third kappa shape index (κ3) is 1.73. The van der Waals surface area contributed by atoms with E-state index in [-0.39, 0.29) is 5.92 Å². The zero-order valence-electron chi connectivity index (χ0n) is 6.44. The van der Waals surface area contributed by atoms with Crippen LogP contribution >= 0.6 is 0 Å². The smallest absolute Gasteiger partial charge is 0.222 e. The van der Waals surface area contributed by atoms with Gasteiger partial charge < -0.3 is 0 Å². The van der Waals surface area contributed by atoms with Crippen LogP contribution in [0.3, 0.4) is 0 Å². The Balaban J connectivity index is 3.05. The number of hydrogen-bond donors (Lipinski definition) is 0. The van der Waals surface area contributed by atoms with Gasteiger partial charge in [0, 0.05) is 5.69 Å². The van der Waals surface area contributed by atoms with Crippen LogP contribution in [0.5, 0.6) is 0 Å². The summed E-state index contributed by atoms with van der Waals surface area (Å²) < 4.78 is 24.8. The van der Waals surface area contributed by atoms with Crippen molar-refractivity contribution < 1.29 is 8.78 Å². The molecule has 1 heterocycles. The van der Waals surface area contributed by atoms with E-state index in [0.717, 1.165) is 6.07 Å². The highest BCUT2D eigenvalue weighted by atomic mass is 19.2. The van der Waals surface area contributed by atoms with Crippen LogP contribution in [-0.2, 0) is 0 Å². The molecule has 0 aliphatic heterocycles. The van der Waals surface area contributed by atoms with Crippen molar-refractivity contribution in [2.75, 3.05) is 0 Å². The first-order chi connectivity index (χ1) is 5.11. The molecule has 0 saturated carbocycles. The van der Waals surface area contributed by atoms with E-state index < -0.39 is 11.8 Å². The summed E-state index contributed by atoms with van der Waals surface area (Å²) in [6, 6.07) is 2.58. The Labute approximate surface area is 64.1 Å². The fourth-order valence-corrected chi connectivity index (χ4v) is 0.753. The Kier molecular flexibility index (Phi) is 2.17. The molecule has 0 saturated heterocycles.